The number of primary amides is 1. The molecule has 1 aliphatic heterocycles. The topological polar surface area (TPSA) is 67.2 Å². The molecule has 1 aliphatic rings. The molecular weight excluding hydrogens is 282 g/mol. The summed E-state index contributed by atoms with van der Waals surface area (Å²) >= 11 is 1.93. The Kier molecular flexibility index (Phi) is 4.01. The molecule has 0 spiro atoms. The molecular formula is C16H17N3OS. The number of carbonyl (C=O) groups is 1. The number of fused-ring (bicyclic) bond motifs is 1. The lowest BCUT2D eigenvalue weighted by molar-refractivity contribution is 0.259. The van der Waals surface area contributed by atoms with Crippen molar-refractivity contribution in [3.05, 3.63) is 59.7 Å². The lowest BCUT2D eigenvalue weighted by atomic mass is 10.0. The fourth-order valence-corrected chi connectivity index (χ4v) is 3.63. The number of nitrogens with one attached hydrogen (secondary N) is 2. The highest BCUT2D eigenvalue weighted by Crippen LogP contribution is 2.34. The molecule has 108 valence electrons. The molecule has 5 heteroatoms. The van der Waals surface area contributed by atoms with Crippen molar-refractivity contribution < 1.29 is 4.79 Å². The van der Waals surface area contributed by atoms with Crippen molar-refractivity contribution in [3.63, 3.8) is 0 Å². The van der Waals surface area contributed by atoms with Gasteiger partial charge in [0.2, 0.25) is 0 Å². The van der Waals surface area contributed by atoms with Crippen molar-refractivity contribution in [2.45, 2.75) is 11.8 Å². The Labute approximate surface area is 128 Å². The van der Waals surface area contributed by atoms with Crippen molar-refractivity contribution >= 4 is 29.2 Å². The SMILES string of the molecule is NC(=O)Nc1cccc(NC2CSCc3ccccc32)c1. The second kappa shape index (κ2) is 6.10. The van der Waals surface area contributed by atoms with Gasteiger partial charge in [-0.3, -0.25) is 0 Å². The zero-order valence-electron chi connectivity index (χ0n) is 11.5. The van der Waals surface area contributed by atoms with E-state index in [0.717, 1.165) is 17.2 Å². The maximum Gasteiger partial charge on any atom is 0.316 e. The van der Waals surface area contributed by atoms with Crippen LogP contribution in [0.15, 0.2) is 48.5 Å². The number of rotatable bonds is 3. The zero-order valence-corrected chi connectivity index (χ0v) is 12.3. The maximum atomic E-state index is 10.9. The van der Waals surface area contributed by atoms with Crippen molar-refractivity contribution in [1.29, 1.82) is 0 Å². The molecule has 2 amide bonds. The zero-order chi connectivity index (χ0) is 14.7. The maximum absolute atomic E-state index is 10.9. The van der Waals surface area contributed by atoms with Gasteiger partial charge in [0.25, 0.3) is 0 Å². The third-order valence-electron chi connectivity index (χ3n) is 3.44. The highest BCUT2D eigenvalue weighted by molar-refractivity contribution is 7.98. The van der Waals surface area contributed by atoms with E-state index in [1.165, 1.54) is 11.1 Å². The van der Waals surface area contributed by atoms with E-state index < -0.39 is 6.03 Å². The molecule has 2 aromatic carbocycles. The second-order valence-corrected chi connectivity index (χ2v) is 6.01. The van der Waals surface area contributed by atoms with E-state index in [1.807, 2.05) is 36.0 Å². The first-order chi connectivity index (χ1) is 10.2. The number of nitrogens with two attached hydrogens (primary N) is 1. The Morgan fingerprint density at radius 1 is 1.14 bits per heavy atom. The molecule has 0 saturated heterocycles. The number of thioether (sulfide) groups is 1. The molecule has 0 bridgehead atoms. The lowest BCUT2D eigenvalue weighted by Crippen LogP contribution is -2.20. The molecule has 0 radical (unpaired) electrons. The molecule has 3 rings (SSSR count). The summed E-state index contributed by atoms with van der Waals surface area (Å²) in [6.07, 6.45) is 0. The summed E-state index contributed by atoms with van der Waals surface area (Å²) in [5, 5.41) is 6.13. The minimum absolute atomic E-state index is 0.281. The molecule has 4 nitrogen and oxygen atoms in total. The number of hydrogen-bond acceptors (Lipinski definition) is 3. The third kappa shape index (κ3) is 3.31. The average Bonchev–Trinajstić information content (AvgIpc) is 2.47. The molecule has 1 heterocycles. The van der Waals surface area contributed by atoms with E-state index in [4.69, 9.17) is 5.73 Å². The van der Waals surface area contributed by atoms with E-state index in [-0.39, 0.29) is 6.04 Å². The standard InChI is InChI=1S/C16H17N3OS/c17-16(20)19-13-6-3-5-12(8-13)18-15-10-21-9-11-4-1-2-7-14(11)15/h1-8,15,18H,9-10H2,(H3,17,19,20). The number of amides is 2. The molecule has 1 atom stereocenters. The highest BCUT2D eigenvalue weighted by atomic mass is 32.2. The van der Waals surface area contributed by atoms with Crippen LogP contribution in [0.5, 0.6) is 0 Å². The number of hydrogen-bond donors (Lipinski definition) is 3. The van der Waals surface area contributed by atoms with Crippen LogP contribution in [0, 0.1) is 0 Å². The number of carbonyl (C=O) groups excluding carboxylic acids is 1. The Balaban J connectivity index is 1.80. The van der Waals surface area contributed by atoms with Crippen LogP contribution in [0.4, 0.5) is 16.2 Å². The molecule has 2 aromatic rings. The summed E-state index contributed by atoms with van der Waals surface area (Å²) in [6, 6.07) is 15.9. The largest absolute Gasteiger partial charge is 0.377 e. The molecule has 0 fully saturated rings. The quantitative estimate of drug-likeness (QED) is 0.811. The Morgan fingerprint density at radius 3 is 2.81 bits per heavy atom. The normalized spacial score (nSPS) is 16.9. The first-order valence-corrected chi connectivity index (χ1v) is 7.96. The van der Waals surface area contributed by atoms with E-state index >= 15 is 0 Å². The van der Waals surface area contributed by atoms with Gasteiger partial charge in [0, 0.05) is 22.9 Å². The molecule has 1 unspecified atom stereocenters. The third-order valence-corrected chi connectivity index (χ3v) is 4.53. The lowest BCUT2D eigenvalue weighted by Gasteiger charge is -2.27. The summed E-state index contributed by atoms with van der Waals surface area (Å²) < 4.78 is 0. The number of benzene rings is 2. The van der Waals surface area contributed by atoms with Gasteiger partial charge in [-0.1, -0.05) is 30.3 Å². The van der Waals surface area contributed by atoms with E-state index in [2.05, 4.69) is 34.9 Å². The fourth-order valence-electron chi connectivity index (χ4n) is 2.53. The van der Waals surface area contributed by atoms with Gasteiger partial charge in [0.15, 0.2) is 0 Å². The van der Waals surface area contributed by atoms with Crippen LogP contribution < -0.4 is 16.4 Å². The van der Waals surface area contributed by atoms with Crippen LogP contribution in [0.1, 0.15) is 17.2 Å². The van der Waals surface area contributed by atoms with Gasteiger partial charge in [0.05, 0.1) is 6.04 Å². The smallest absolute Gasteiger partial charge is 0.316 e. The van der Waals surface area contributed by atoms with Crippen molar-refractivity contribution in [2.24, 2.45) is 5.73 Å². The van der Waals surface area contributed by atoms with Crippen molar-refractivity contribution in [1.82, 2.24) is 0 Å². The molecule has 21 heavy (non-hydrogen) atoms. The number of urea groups is 1. The predicted octanol–water partition coefficient (Wildman–Crippen LogP) is 3.58. The van der Waals surface area contributed by atoms with Gasteiger partial charge < -0.3 is 16.4 Å². The van der Waals surface area contributed by atoms with Crippen LogP contribution in [0.25, 0.3) is 0 Å². The highest BCUT2D eigenvalue weighted by Gasteiger charge is 2.19. The Hall–Kier alpha value is -2.14. The summed E-state index contributed by atoms with van der Waals surface area (Å²) in [4.78, 5) is 10.9. The number of anilines is 2. The Bertz CT molecular complexity index is 659. The summed E-state index contributed by atoms with van der Waals surface area (Å²) in [7, 11) is 0. The van der Waals surface area contributed by atoms with Gasteiger partial charge in [0.1, 0.15) is 0 Å². The summed E-state index contributed by atoms with van der Waals surface area (Å²) in [6.45, 7) is 0. The minimum atomic E-state index is -0.550. The summed E-state index contributed by atoms with van der Waals surface area (Å²) in [5.74, 6) is 2.10. The van der Waals surface area contributed by atoms with Crippen LogP contribution in [-0.2, 0) is 5.75 Å². The monoisotopic (exact) mass is 299 g/mol. The fraction of sp³-hybridized carbons (Fsp3) is 0.188. The average molecular weight is 299 g/mol. The van der Waals surface area contributed by atoms with Crippen molar-refractivity contribution in [3.8, 4) is 0 Å². The Morgan fingerprint density at radius 2 is 1.95 bits per heavy atom. The van der Waals surface area contributed by atoms with Crippen LogP contribution in [0.3, 0.4) is 0 Å². The van der Waals surface area contributed by atoms with Crippen LogP contribution in [0.2, 0.25) is 0 Å². The predicted molar refractivity (Wildman–Crippen MR) is 88.6 cm³/mol. The van der Waals surface area contributed by atoms with Crippen LogP contribution >= 0.6 is 11.8 Å². The van der Waals surface area contributed by atoms with Gasteiger partial charge in [-0.2, -0.15) is 11.8 Å². The molecule has 4 N–H and O–H groups in total. The minimum Gasteiger partial charge on any atom is -0.377 e. The molecule has 0 aliphatic carbocycles. The van der Waals surface area contributed by atoms with Gasteiger partial charge in [-0.25, -0.2) is 4.79 Å². The van der Waals surface area contributed by atoms with E-state index in [0.29, 0.717) is 5.69 Å². The second-order valence-electron chi connectivity index (χ2n) is 4.98. The first kappa shape index (κ1) is 13.8. The first-order valence-electron chi connectivity index (χ1n) is 6.81. The van der Waals surface area contributed by atoms with Crippen LogP contribution in [-0.4, -0.2) is 11.8 Å². The van der Waals surface area contributed by atoms with Crippen molar-refractivity contribution in [2.75, 3.05) is 16.4 Å². The van der Waals surface area contributed by atoms with Gasteiger partial charge >= 0.3 is 6.03 Å². The van der Waals surface area contributed by atoms with Gasteiger partial charge in [-0.15, -0.1) is 0 Å². The van der Waals surface area contributed by atoms with E-state index in [9.17, 15) is 4.79 Å². The summed E-state index contributed by atoms with van der Waals surface area (Å²) in [5.41, 5.74) is 9.56. The van der Waals surface area contributed by atoms with E-state index in [1.54, 1.807) is 0 Å². The molecule has 0 saturated carbocycles. The molecule has 0 aromatic heterocycles. The van der Waals surface area contributed by atoms with Gasteiger partial charge in [-0.05, 0) is 29.3 Å².